The van der Waals surface area contributed by atoms with Gasteiger partial charge in [-0.05, 0) is 23.8 Å². The highest BCUT2D eigenvalue weighted by Gasteiger charge is 2.28. The fraction of sp³-hybridized carbons (Fsp3) is 0.200. The zero-order chi connectivity index (χ0) is 20.2. The van der Waals surface area contributed by atoms with Gasteiger partial charge in [-0.15, -0.1) is 0 Å². The average molecular weight is 407 g/mol. The number of hydrogen-bond donors (Lipinski definition) is 0. The molecule has 0 spiro atoms. The van der Waals surface area contributed by atoms with Crippen molar-refractivity contribution in [3.05, 3.63) is 54.5 Å². The first-order chi connectivity index (χ1) is 13.9. The summed E-state index contributed by atoms with van der Waals surface area (Å²) in [5.41, 5.74) is 4.43. The van der Waals surface area contributed by atoms with Crippen molar-refractivity contribution in [1.82, 2.24) is 24.9 Å². The second-order valence-corrected chi connectivity index (χ2v) is 9.19. The first-order valence-electron chi connectivity index (χ1n) is 9.06. The van der Waals surface area contributed by atoms with Gasteiger partial charge in [-0.25, -0.2) is 8.42 Å². The molecule has 0 aliphatic carbocycles. The molecule has 0 saturated carbocycles. The third-order valence-corrected chi connectivity index (χ3v) is 6.21. The molecule has 0 radical (unpaired) electrons. The van der Waals surface area contributed by atoms with Crippen LogP contribution in [0.1, 0.15) is 18.4 Å². The van der Waals surface area contributed by atoms with Crippen LogP contribution in [0.4, 0.5) is 0 Å². The van der Waals surface area contributed by atoms with Gasteiger partial charge in [-0.2, -0.15) is 10.1 Å². The molecule has 0 bridgehead atoms. The highest BCUT2D eigenvalue weighted by atomic mass is 32.2. The predicted molar refractivity (Wildman–Crippen MR) is 106 cm³/mol. The van der Waals surface area contributed by atoms with E-state index in [1.54, 1.807) is 36.7 Å². The van der Waals surface area contributed by atoms with Gasteiger partial charge in [0.2, 0.25) is 5.82 Å². The molecule has 0 saturated heterocycles. The molecule has 1 atom stereocenters. The topological polar surface area (TPSA) is 104 Å². The fourth-order valence-corrected chi connectivity index (χ4v) is 4.32. The van der Waals surface area contributed by atoms with Crippen LogP contribution in [0, 0.1) is 0 Å². The number of aromatic nitrogens is 5. The van der Waals surface area contributed by atoms with Crippen molar-refractivity contribution in [3.8, 4) is 34.1 Å². The molecule has 1 unspecified atom stereocenters. The third-order valence-electron chi connectivity index (χ3n) is 5.10. The molecule has 4 aromatic rings. The minimum Gasteiger partial charge on any atom is -0.333 e. The molecule has 1 aliphatic rings. The van der Waals surface area contributed by atoms with Crippen molar-refractivity contribution in [2.24, 2.45) is 0 Å². The minimum atomic E-state index is -3.33. The van der Waals surface area contributed by atoms with Crippen molar-refractivity contribution in [3.63, 3.8) is 0 Å². The van der Waals surface area contributed by atoms with Crippen LogP contribution in [0.3, 0.4) is 0 Å². The Bertz CT molecular complexity index is 1340. The molecule has 29 heavy (non-hydrogen) atoms. The molecular formula is C20H17N5O3S. The van der Waals surface area contributed by atoms with Crippen molar-refractivity contribution >= 4 is 9.84 Å². The van der Waals surface area contributed by atoms with Crippen LogP contribution >= 0.6 is 0 Å². The molecule has 9 heteroatoms. The summed E-state index contributed by atoms with van der Waals surface area (Å²) in [5, 5.41) is 8.56. The maximum absolute atomic E-state index is 11.8. The highest BCUT2D eigenvalue weighted by Crippen LogP contribution is 2.40. The van der Waals surface area contributed by atoms with Gasteiger partial charge in [0.1, 0.15) is 0 Å². The molecular weight excluding hydrogens is 390 g/mol. The summed E-state index contributed by atoms with van der Waals surface area (Å²) in [4.78, 5) is 8.96. The first-order valence-corrected chi connectivity index (χ1v) is 11.0. The summed E-state index contributed by atoms with van der Waals surface area (Å²) in [7, 11) is -3.33. The number of sulfone groups is 1. The molecule has 8 nitrogen and oxygen atoms in total. The number of rotatable bonds is 3. The van der Waals surface area contributed by atoms with Crippen LogP contribution < -0.4 is 0 Å². The minimum absolute atomic E-state index is 0.208. The quantitative estimate of drug-likeness (QED) is 0.514. The van der Waals surface area contributed by atoms with Crippen LogP contribution in [0.25, 0.3) is 34.1 Å². The van der Waals surface area contributed by atoms with E-state index in [4.69, 9.17) is 4.52 Å². The smallest absolute Gasteiger partial charge is 0.262 e. The van der Waals surface area contributed by atoms with Gasteiger partial charge >= 0.3 is 0 Å². The Morgan fingerprint density at radius 2 is 2.03 bits per heavy atom. The molecule has 0 fully saturated rings. The zero-order valence-electron chi connectivity index (χ0n) is 15.8. The number of nitrogens with zero attached hydrogens (tertiary/aromatic N) is 5. The number of benzene rings is 1. The number of fused-ring (bicyclic) bond motifs is 3. The van der Waals surface area contributed by atoms with E-state index in [-0.39, 0.29) is 4.90 Å². The second kappa shape index (κ2) is 6.35. The van der Waals surface area contributed by atoms with Gasteiger partial charge in [0.05, 0.1) is 22.3 Å². The third kappa shape index (κ3) is 2.94. The van der Waals surface area contributed by atoms with E-state index in [0.717, 1.165) is 28.9 Å². The standard InChI is InChI=1S/C20H17N5O3S/c1-12-11-25-18(15-6-7-21-9-16(12)15)17(10-22-25)20-23-19(24-28-20)13-4-3-5-14(8-13)29(2,26)27/h3-10,12H,11H2,1-2H3. The monoisotopic (exact) mass is 407 g/mol. The summed E-state index contributed by atoms with van der Waals surface area (Å²) in [6.07, 6.45) is 6.53. The van der Waals surface area contributed by atoms with Gasteiger partial charge in [0, 0.05) is 42.2 Å². The van der Waals surface area contributed by atoms with Crippen molar-refractivity contribution in [2.75, 3.05) is 6.26 Å². The molecule has 5 rings (SSSR count). The lowest BCUT2D eigenvalue weighted by molar-refractivity contribution is 0.432. The summed E-state index contributed by atoms with van der Waals surface area (Å²) >= 11 is 0. The Labute approximate surface area is 167 Å². The van der Waals surface area contributed by atoms with Crippen LogP contribution in [0.15, 0.2) is 58.3 Å². The maximum Gasteiger partial charge on any atom is 0.262 e. The highest BCUT2D eigenvalue weighted by molar-refractivity contribution is 7.90. The molecule has 1 aromatic carbocycles. The summed E-state index contributed by atoms with van der Waals surface area (Å²) in [6.45, 7) is 2.88. The van der Waals surface area contributed by atoms with E-state index < -0.39 is 9.84 Å². The molecule has 4 heterocycles. The summed E-state index contributed by atoms with van der Waals surface area (Å²) in [6, 6.07) is 8.46. The van der Waals surface area contributed by atoms with Crippen LogP contribution in [-0.4, -0.2) is 39.6 Å². The van der Waals surface area contributed by atoms with Gasteiger partial charge in [-0.1, -0.05) is 24.2 Å². The van der Waals surface area contributed by atoms with Gasteiger partial charge in [0.25, 0.3) is 5.89 Å². The SMILES string of the molecule is CC1Cn2ncc(-c3nc(-c4cccc(S(C)(=O)=O)c4)no3)c2-c2ccncc21. The predicted octanol–water partition coefficient (Wildman–Crippen LogP) is 3.18. The Morgan fingerprint density at radius 3 is 2.86 bits per heavy atom. The van der Waals surface area contributed by atoms with Crippen molar-refractivity contribution in [2.45, 2.75) is 24.3 Å². The average Bonchev–Trinajstić information content (AvgIpc) is 3.35. The van der Waals surface area contributed by atoms with E-state index >= 15 is 0 Å². The Hall–Kier alpha value is -3.33. The Kier molecular flexibility index (Phi) is 3.88. The maximum atomic E-state index is 11.8. The lowest BCUT2D eigenvalue weighted by atomic mass is 9.91. The van der Waals surface area contributed by atoms with Crippen molar-refractivity contribution in [1.29, 1.82) is 0 Å². The second-order valence-electron chi connectivity index (χ2n) is 7.18. The number of hydrogen-bond acceptors (Lipinski definition) is 7. The van der Waals surface area contributed by atoms with Crippen molar-refractivity contribution < 1.29 is 12.9 Å². The largest absolute Gasteiger partial charge is 0.333 e. The zero-order valence-corrected chi connectivity index (χ0v) is 16.6. The Balaban J connectivity index is 1.59. The fourth-order valence-electron chi connectivity index (χ4n) is 3.65. The Morgan fingerprint density at radius 1 is 1.17 bits per heavy atom. The summed E-state index contributed by atoms with van der Waals surface area (Å²) in [5.74, 6) is 0.962. The molecule has 0 N–H and O–H groups in total. The van der Waals surface area contributed by atoms with E-state index in [9.17, 15) is 8.42 Å². The summed E-state index contributed by atoms with van der Waals surface area (Å²) < 4.78 is 31.1. The van der Waals surface area contributed by atoms with Crippen LogP contribution in [0.2, 0.25) is 0 Å². The lowest BCUT2D eigenvalue weighted by Crippen LogP contribution is -2.16. The molecule has 0 amide bonds. The van der Waals surface area contributed by atoms with Gasteiger partial charge in [0.15, 0.2) is 9.84 Å². The molecule has 1 aliphatic heterocycles. The molecule has 146 valence electrons. The lowest BCUT2D eigenvalue weighted by Gasteiger charge is -2.23. The van der Waals surface area contributed by atoms with Crippen LogP contribution in [0.5, 0.6) is 0 Å². The normalized spacial score (nSPS) is 15.7. The van der Waals surface area contributed by atoms with Gasteiger partial charge in [-0.3, -0.25) is 9.67 Å². The van der Waals surface area contributed by atoms with E-state index in [1.165, 1.54) is 6.26 Å². The van der Waals surface area contributed by atoms with Gasteiger partial charge < -0.3 is 4.52 Å². The van der Waals surface area contributed by atoms with E-state index in [0.29, 0.717) is 23.2 Å². The van der Waals surface area contributed by atoms with E-state index in [2.05, 4.69) is 27.1 Å². The van der Waals surface area contributed by atoms with E-state index in [1.807, 2.05) is 16.9 Å². The first kappa shape index (κ1) is 17.7. The van der Waals surface area contributed by atoms with Crippen LogP contribution in [-0.2, 0) is 16.4 Å². The number of pyridine rings is 1. The molecule has 3 aromatic heterocycles.